The first-order valence-corrected chi connectivity index (χ1v) is 4.80. The molecule has 0 heterocycles. The van der Waals surface area contributed by atoms with Crippen LogP contribution in [0.4, 0.5) is 0 Å². The Kier molecular flexibility index (Phi) is 3.87. The number of ketones is 1. The predicted molar refractivity (Wildman–Crippen MR) is 56.7 cm³/mol. The number of nitriles is 1. The van der Waals surface area contributed by atoms with Crippen molar-refractivity contribution in [2.24, 2.45) is 5.92 Å². The van der Waals surface area contributed by atoms with Crippen molar-refractivity contribution in [2.75, 3.05) is 7.11 Å². The van der Waals surface area contributed by atoms with E-state index in [-0.39, 0.29) is 5.78 Å². The number of Topliss-reactive ketones (excluding diaryl/α,β-unsaturated/α-hetero) is 1. The molecule has 1 aromatic rings. The summed E-state index contributed by atoms with van der Waals surface area (Å²) >= 11 is 0. The van der Waals surface area contributed by atoms with Crippen LogP contribution in [0.15, 0.2) is 24.3 Å². The van der Waals surface area contributed by atoms with Crippen molar-refractivity contribution in [3.63, 3.8) is 0 Å². The molecule has 0 saturated carbocycles. The van der Waals surface area contributed by atoms with Crippen LogP contribution < -0.4 is 4.74 Å². The Morgan fingerprint density at radius 1 is 1.47 bits per heavy atom. The zero-order valence-electron chi connectivity index (χ0n) is 8.86. The zero-order chi connectivity index (χ0) is 11.3. The number of hydrogen-bond acceptors (Lipinski definition) is 3. The second kappa shape index (κ2) is 5.16. The lowest BCUT2D eigenvalue weighted by Gasteiger charge is -2.05. The lowest BCUT2D eigenvalue weighted by atomic mass is 9.97. The lowest BCUT2D eigenvalue weighted by molar-refractivity contribution is 0.0946. The van der Waals surface area contributed by atoms with Gasteiger partial charge in [-0.1, -0.05) is 6.92 Å². The van der Waals surface area contributed by atoms with Gasteiger partial charge in [0.15, 0.2) is 5.78 Å². The molecule has 1 unspecified atom stereocenters. The molecule has 0 radical (unpaired) electrons. The molecule has 0 saturated heterocycles. The lowest BCUT2D eigenvalue weighted by Crippen LogP contribution is -2.11. The van der Waals surface area contributed by atoms with Gasteiger partial charge in [-0.15, -0.1) is 0 Å². The molecule has 1 aromatic carbocycles. The Hall–Kier alpha value is -1.82. The summed E-state index contributed by atoms with van der Waals surface area (Å²) in [5.41, 5.74) is 0.559. The SMILES string of the molecule is CCC(C#N)C(=O)c1ccc(OC)cc1. The van der Waals surface area contributed by atoms with Gasteiger partial charge in [0.05, 0.1) is 13.2 Å². The molecule has 15 heavy (non-hydrogen) atoms. The van der Waals surface area contributed by atoms with E-state index in [0.717, 1.165) is 0 Å². The zero-order valence-corrected chi connectivity index (χ0v) is 8.86. The van der Waals surface area contributed by atoms with Crippen LogP contribution in [0, 0.1) is 17.2 Å². The number of methoxy groups -OCH3 is 1. The fraction of sp³-hybridized carbons (Fsp3) is 0.333. The van der Waals surface area contributed by atoms with E-state index in [0.29, 0.717) is 17.7 Å². The van der Waals surface area contributed by atoms with Gasteiger partial charge in [-0.2, -0.15) is 5.26 Å². The summed E-state index contributed by atoms with van der Waals surface area (Å²) in [4.78, 5) is 11.7. The number of rotatable bonds is 4. The van der Waals surface area contributed by atoms with E-state index in [9.17, 15) is 4.79 Å². The minimum atomic E-state index is -0.543. The molecule has 1 rings (SSSR count). The Morgan fingerprint density at radius 2 is 2.07 bits per heavy atom. The van der Waals surface area contributed by atoms with Gasteiger partial charge in [-0.25, -0.2) is 0 Å². The standard InChI is InChI=1S/C12H13NO2/c1-3-9(8-13)12(14)10-4-6-11(15-2)7-5-10/h4-7,9H,3H2,1-2H3. The highest BCUT2D eigenvalue weighted by molar-refractivity contribution is 5.99. The maximum Gasteiger partial charge on any atom is 0.179 e. The molecule has 3 heteroatoms. The molecule has 3 nitrogen and oxygen atoms in total. The highest BCUT2D eigenvalue weighted by Gasteiger charge is 2.17. The van der Waals surface area contributed by atoms with Gasteiger partial charge in [0, 0.05) is 5.56 Å². The van der Waals surface area contributed by atoms with Crippen LogP contribution in [-0.2, 0) is 0 Å². The second-order valence-electron chi connectivity index (χ2n) is 3.18. The molecule has 1 atom stereocenters. The fourth-order valence-electron chi connectivity index (χ4n) is 1.29. The van der Waals surface area contributed by atoms with Gasteiger partial charge in [-0.3, -0.25) is 4.79 Å². The monoisotopic (exact) mass is 203 g/mol. The maximum atomic E-state index is 11.7. The third-order valence-electron chi connectivity index (χ3n) is 2.26. The smallest absolute Gasteiger partial charge is 0.179 e. The molecule has 0 aliphatic rings. The maximum absolute atomic E-state index is 11.7. The number of carbonyl (C=O) groups is 1. The first kappa shape index (κ1) is 11.3. The van der Waals surface area contributed by atoms with E-state index in [1.165, 1.54) is 0 Å². The van der Waals surface area contributed by atoms with E-state index in [2.05, 4.69) is 0 Å². The van der Waals surface area contributed by atoms with Crippen molar-refractivity contribution < 1.29 is 9.53 Å². The third kappa shape index (κ3) is 2.57. The van der Waals surface area contributed by atoms with Crippen molar-refractivity contribution in [1.82, 2.24) is 0 Å². The van der Waals surface area contributed by atoms with Gasteiger partial charge in [0.2, 0.25) is 0 Å². The average Bonchev–Trinajstić information content (AvgIpc) is 2.30. The van der Waals surface area contributed by atoms with Gasteiger partial charge in [0.25, 0.3) is 0 Å². The van der Waals surface area contributed by atoms with Crippen LogP contribution in [-0.4, -0.2) is 12.9 Å². The number of ether oxygens (including phenoxy) is 1. The van der Waals surface area contributed by atoms with Gasteiger partial charge in [0.1, 0.15) is 11.7 Å². The summed E-state index contributed by atoms with van der Waals surface area (Å²) in [6.45, 7) is 1.83. The molecule has 78 valence electrons. The van der Waals surface area contributed by atoms with Crippen LogP contribution in [0.2, 0.25) is 0 Å². The van der Waals surface area contributed by atoms with Gasteiger partial charge >= 0.3 is 0 Å². The highest BCUT2D eigenvalue weighted by Crippen LogP contribution is 2.15. The van der Waals surface area contributed by atoms with E-state index < -0.39 is 5.92 Å². The molecule has 0 N–H and O–H groups in total. The molecule has 0 aromatic heterocycles. The summed E-state index contributed by atoms with van der Waals surface area (Å²) in [5, 5.41) is 8.76. The average molecular weight is 203 g/mol. The van der Waals surface area contributed by atoms with E-state index in [1.54, 1.807) is 31.4 Å². The highest BCUT2D eigenvalue weighted by atomic mass is 16.5. The minimum Gasteiger partial charge on any atom is -0.497 e. The largest absolute Gasteiger partial charge is 0.497 e. The Balaban J connectivity index is 2.88. The van der Waals surface area contributed by atoms with Crippen LogP contribution in [0.5, 0.6) is 5.75 Å². The Morgan fingerprint density at radius 3 is 2.47 bits per heavy atom. The van der Waals surface area contributed by atoms with Crippen LogP contribution in [0.3, 0.4) is 0 Å². The van der Waals surface area contributed by atoms with Crippen molar-refractivity contribution >= 4 is 5.78 Å². The molecule has 0 amide bonds. The molecule has 0 bridgehead atoms. The summed E-state index contributed by atoms with van der Waals surface area (Å²) in [7, 11) is 1.57. The number of nitrogens with zero attached hydrogens (tertiary/aromatic N) is 1. The molecular weight excluding hydrogens is 190 g/mol. The molecule has 0 spiro atoms. The van der Waals surface area contributed by atoms with E-state index >= 15 is 0 Å². The first-order valence-electron chi connectivity index (χ1n) is 4.80. The fourth-order valence-corrected chi connectivity index (χ4v) is 1.29. The molecule has 0 aliphatic heterocycles. The van der Waals surface area contributed by atoms with Gasteiger partial charge in [-0.05, 0) is 30.7 Å². The topological polar surface area (TPSA) is 50.1 Å². The Labute approximate surface area is 89.3 Å². The van der Waals surface area contributed by atoms with Crippen molar-refractivity contribution in [1.29, 1.82) is 5.26 Å². The Bertz CT molecular complexity index is 376. The summed E-state index contributed by atoms with van der Waals surface area (Å²) < 4.78 is 4.99. The first-order chi connectivity index (χ1) is 7.22. The minimum absolute atomic E-state index is 0.123. The van der Waals surface area contributed by atoms with Gasteiger partial charge < -0.3 is 4.74 Å². The van der Waals surface area contributed by atoms with Crippen LogP contribution in [0.25, 0.3) is 0 Å². The van der Waals surface area contributed by atoms with Crippen molar-refractivity contribution in [3.05, 3.63) is 29.8 Å². The number of carbonyl (C=O) groups excluding carboxylic acids is 1. The van der Waals surface area contributed by atoms with Crippen LogP contribution in [0.1, 0.15) is 23.7 Å². The number of benzene rings is 1. The van der Waals surface area contributed by atoms with E-state index in [4.69, 9.17) is 10.00 Å². The number of hydrogen-bond donors (Lipinski definition) is 0. The van der Waals surface area contributed by atoms with Crippen molar-refractivity contribution in [2.45, 2.75) is 13.3 Å². The molecule has 0 aliphatic carbocycles. The summed E-state index contributed by atoms with van der Waals surface area (Å²) in [6.07, 6.45) is 0.543. The summed E-state index contributed by atoms with van der Waals surface area (Å²) in [6, 6.07) is 8.80. The third-order valence-corrected chi connectivity index (χ3v) is 2.26. The quantitative estimate of drug-likeness (QED) is 0.706. The van der Waals surface area contributed by atoms with Crippen LogP contribution >= 0.6 is 0 Å². The van der Waals surface area contributed by atoms with Crippen molar-refractivity contribution in [3.8, 4) is 11.8 Å². The molecular formula is C12H13NO2. The molecule has 0 fully saturated rings. The predicted octanol–water partition coefficient (Wildman–Crippen LogP) is 2.43. The normalized spacial score (nSPS) is 11.5. The summed E-state index contributed by atoms with van der Waals surface area (Å²) in [5.74, 6) is 0.0394. The van der Waals surface area contributed by atoms with E-state index in [1.807, 2.05) is 13.0 Å². The second-order valence-corrected chi connectivity index (χ2v) is 3.18.